The lowest BCUT2D eigenvalue weighted by atomic mass is 10.2. The summed E-state index contributed by atoms with van der Waals surface area (Å²) in [5.74, 6) is 0.965. The average Bonchev–Trinajstić information content (AvgIpc) is 3.04. The van der Waals surface area contributed by atoms with Crippen molar-refractivity contribution in [2.75, 3.05) is 0 Å². The van der Waals surface area contributed by atoms with Crippen molar-refractivity contribution >= 4 is 0 Å². The third-order valence-electron chi connectivity index (χ3n) is 3.08. The van der Waals surface area contributed by atoms with Crippen LogP contribution in [-0.4, -0.2) is 24.5 Å². The van der Waals surface area contributed by atoms with Gasteiger partial charge in [-0.3, -0.25) is 4.68 Å². The van der Waals surface area contributed by atoms with Crippen molar-refractivity contribution in [3.63, 3.8) is 0 Å². The van der Waals surface area contributed by atoms with Gasteiger partial charge in [0.15, 0.2) is 0 Å². The minimum absolute atomic E-state index is 0.257. The predicted octanol–water partition coefficient (Wildman–Crippen LogP) is 1.37. The zero-order valence-electron chi connectivity index (χ0n) is 11.2. The Kier molecular flexibility index (Phi) is 4.09. The smallest absolute Gasteiger partial charge is 0.146 e. The van der Waals surface area contributed by atoms with Gasteiger partial charge in [-0.1, -0.05) is 0 Å². The van der Waals surface area contributed by atoms with Gasteiger partial charge in [-0.25, -0.2) is 0 Å². The van der Waals surface area contributed by atoms with E-state index in [0.29, 0.717) is 6.54 Å². The number of rotatable bonds is 6. The lowest BCUT2D eigenvalue weighted by molar-refractivity contribution is 0.538. The van der Waals surface area contributed by atoms with Crippen molar-refractivity contribution in [3.8, 4) is 0 Å². The maximum atomic E-state index is 4.28. The largest absolute Gasteiger partial charge is 0.317 e. The summed E-state index contributed by atoms with van der Waals surface area (Å²) in [5, 5.41) is 15.7. The lowest BCUT2D eigenvalue weighted by Gasteiger charge is -2.11. The molecule has 2 aromatic rings. The average molecular weight is 248 g/mol. The highest BCUT2D eigenvalue weighted by Crippen LogP contribution is 2.11. The molecule has 0 aliphatic rings. The second-order valence-electron chi connectivity index (χ2n) is 4.27. The van der Waals surface area contributed by atoms with Gasteiger partial charge in [-0.2, -0.15) is 5.10 Å². The molecular weight excluding hydrogens is 228 g/mol. The van der Waals surface area contributed by atoms with Crippen LogP contribution >= 0.6 is 0 Å². The number of hydrogen-bond acceptors (Lipinski definition) is 4. The fourth-order valence-electron chi connectivity index (χ4n) is 1.82. The minimum atomic E-state index is 0.257. The van der Waals surface area contributed by atoms with E-state index in [1.807, 2.05) is 15.4 Å². The lowest BCUT2D eigenvalue weighted by Crippen LogP contribution is -2.20. The molecule has 0 spiro atoms. The Bertz CT molecular complexity index is 486. The SMILES string of the molecule is CCn1cc(C(C)NCc2nncn2CC)cn1. The van der Waals surface area contributed by atoms with E-state index in [2.05, 4.69) is 47.6 Å². The first-order valence-corrected chi connectivity index (χ1v) is 6.37. The molecule has 0 radical (unpaired) electrons. The van der Waals surface area contributed by atoms with E-state index in [1.165, 1.54) is 5.56 Å². The maximum Gasteiger partial charge on any atom is 0.146 e. The third-order valence-corrected chi connectivity index (χ3v) is 3.08. The highest BCUT2D eigenvalue weighted by atomic mass is 15.3. The van der Waals surface area contributed by atoms with Gasteiger partial charge >= 0.3 is 0 Å². The Morgan fingerprint density at radius 3 is 2.83 bits per heavy atom. The van der Waals surface area contributed by atoms with E-state index >= 15 is 0 Å². The molecule has 0 saturated heterocycles. The molecule has 0 aliphatic heterocycles. The molecule has 98 valence electrons. The quantitative estimate of drug-likeness (QED) is 0.838. The summed E-state index contributed by atoms with van der Waals surface area (Å²) >= 11 is 0. The molecule has 0 fully saturated rings. The molecule has 0 amide bonds. The molecule has 2 heterocycles. The van der Waals surface area contributed by atoms with E-state index < -0.39 is 0 Å². The fraction of sp³-hybridized carbons (Fsp3) is 0.583. The molecule has 0 aromatic carbocycles. The fourth-order valence-corrected chi connectivity index (χ4v) is 1.82. The minimum Gasteiger partial charge on any atom is -0.317 e. The Hall–Kier alpha value is -1.69. The van der Waals surface area contributed by atoms with Crippen molar-refractivity contribution in [2.45, 2.75) is 46.4 Å². The molecule has 6 nitrogen and oxygen atoms in total. The van der Waals surface area contributed by atoms with Gasteiger partial charge in [0, 0.05) is 30.9 Å². The first kappa shape index (κ1) is 12.8. The molecular formula is C12H20N6. The highest BCUT2D eigenvalue weighted by molar-refractivity contribution is 5.09. The van der Waals surface area contributed by atoms with Gasteiger partial charge in [0.1, 0.15) is 12.2 Å². The summed E-state index contributed by atoms with van der Waals surface area (Å²) < 4.78 is 3.97. The highest BCUT2D eigenvalue weighted by Gasteiger charge is 2.09. The second kappa shape index (κ2) is 5.77. The molecule has 0 bridgehead atoms. The Morgan fingerprint density at radius 1 is 1.33 bits per heavy atom. The molecule has 0 saturated carbocycles. The summed E-state index contributed by atoms with van der Waals surface area (Å²) in [6.07, 6.45) is 5.74. The number of aromatic nitrogens is 5. The summed E-state index contributed by atoms with van der Waals surface area (Å²) in [4.78, 5) is 0. The molecule has 2 rings (SSSR count). The van der Waals surface area contributed by atoms with E-state index in [1.54, 1.807) is 6.33 Å². The van der Waals surface area contributed by atoms with Crippen LogP contribution in [0.2, 0.25) is 0 Å². The summed E-state index contributed by atoms with van der Waals surface area (Å²) in [6.45, 7) is 8.80. The molecule has 0 aliphatic carbocycles. The molecule has 18 heavy (non-hydrogen) atoms. The molecule has 6 heteroatoms. The van der Waals surface area contributed by atoms with Crippen LogP contribution in [-0.2, 0) is 19.6 Å². The maximum absolute atomic E-state index is 4.28. The van der Waals surface area contributed by atoms with Crippen LogP contribution in [0.25, 0.3) is 0 Å². The van der Waals surface area contributed by atoms with Gasteiger partial charge in [-0.15, -0.1) is 10.2 Å². The number of aryl methyl sites for hydroxylation is 2. The number of hydrogen-bond donors (Lipinski definition) is 1. The zero-order valence-corrected chi connectivity index (χ0v) is 11.2. The zero-order chi connectivity index (χ0) is 13.0. The Morgan fingerprint density at radius 2 is 2.17 bits per heavy atom. The van der Waals surface area contributed by atoms with Crippen LogP contribution in [0.3, 0.4) is 0 Å². The Balaban J connectivity index is 1.93. The van der Waals surface area contributed by atoms with Gasteiger partial charge in [-0.05, 0) is 20.8 Å². The van der Waals surface area contributed by atoms with Crippen LogP contribution in [0.4, 0.5) is 0 Å². The van der Waals surface area contributed by atoms with Crippen LogP contribution in [0, 0.1) is 0 Å². The van der Waals surface area contributed by atoms with E-state index in [9.17, 15) is 0 Å². The first-order chi connectivity index (χ1) is 8.74. The van der Waals surface area contributed by atoms with Crippen molar-refractivity contribution < 1.29 is 0 Å². The normalized spacial score (nSPS) is 12.8. The Labute approximate surface area is 107 Å². The standard InChI is InChI=1S/C12H20N6/c1-4-17-9-14-16-12(17)7-13-10(3)11-6-15-18(5-2)8-11/h6,8-10,13H,4-5,7H2,1-3H3. The number of nitrogens with one attached hydrogen (secondary N) is 1. The van der Waals surface area contributed by atoms with Crippen molar-refractivity contribution in [1.29, 1.82) is 0 Å². The van der Waals surface area contributed by atoms with Crippen LogP contribution in [0.5, 0.6) is 0 Å². The monoisotopic (exact) mass is 248 g/mol. The summed E-state index contributed by atoms with van der Waals surface area (Å²) in [6, 6.07) is 0.257. The van der Waals surface area contributed by atoms with Crippen LogP contribution < -0.4 is 5.32 Å². The second-order valence-corrected chi connectivity index (χ2v) is 4.27. The topological polar surface area (TPSA) is 60.6 Å². The molecule has 1 unspecified atom stereocenters. The van der Waals surface area contributed by atoms with Crippen LogP contribution in [0.15, 0.2) is 18.7 Å². The van der Waals surface area contributed by atoms with E-state index in [4.69, 9.17) is 0 Å². The van der Waals surface area contributed by atoms with Gasteiger partial charge < -0.3 is 9.88 Å². The van der Waals surface area contributed by atoms with Gasteiger partial charge in [0.25, 0.3) is 0 Å². The van der Waals surface area contributed by atoms with Gasteiger partial charge in [0.2, 0.25) is 0 Å². The first-order valence-electron chi connectivity index (χ1n) is 6.37. The number of nitrogens with zero attached hydrogens (tertiary/aromatic N) is 5. The van der Waals surface area contributed by atoms with E-state index in [0.717, 1.165) is 18.9 Å². The third kappa shape index (κ3) is 2.76. The predicted molar refractivity (Wildman–Crippen MR) is 68.9 cm³/mol. The van der Waals surface area contributed by atoms with Crippen LogP contribution in [0.1, 0.15) is 38.2 Å². The van der Waals surface area contributed by atoms with Gasteiger partial charge in [0.05, 0.1) is 12.7 Å². The molecule has 1 N–H and O–H groups in total. The molecule has 2 aromatic heterocycles. The van der Waals surface area contributed by atoms with Crippen molar-refractivity contribution in [3.05, 3.63) is 30.1 Å². The van der Waals surface area contributed by atoms with Crippen molar-refractivity contribution in [2.24, 2.45) is 0 Å². The molecule has 1 atom stereocenters. The van der Waals surface area contributed by atoms with E-state index in [-0.39, 0.29) is 6.04 Å². The van der Waals surface area contributed by atoms with Crippen molar-refractivity contribution in [1.82, 2.24) is 29.9 Å². The summed E-state index contributed by atoms with van der Waals surface area (Å²) in [5.41, 5.74) is 1.19. The summed E-state index contributed by atoms with van der Waals surface area (Å²) in [7, 11) is 0.